The van der Waals surface area contributed by atoms with Crippen LogP contribution in [0.25, 0.3) is 0 Å². The van der Waals surface area contributed by atoms with E-state index in [4.69, 9.17) is 4.74 Å². The third-order valence-corrected chi connectivity index (χ3v) is 6.76. The molecule has 0 aliphatic carbocycles. The molecule has 2 aromatic rings. The Balaban J connectivity index is 2.15. The first-order valence-corrected chi connectivity index (χ1v) is 9.96. The van der Waals surface area contributed by atoms with Crippen LogP contribution in [0.3, 0.4) is 0 Å². The Hall–Kier alpha value is -1.87. The molecular formula is C17H20O2Si. The molecule has 3 heteroatoms. The molecule has 104 valence electrons. The summed E-state index contributed by atoms with van der Waals surface area (Å²) in [5.41, 5.74) is 1.88. The van der Waals surface area contributed by atoms with Crippen LogP contribution in [-0.4, -0.2) is 21.2 Å². The zero-order valence-electron chi connectivity index (χ0n) is 12.2. The lowest BCUT2D eigenvalue weighted by atomic mass is 10.1. The molecule has 0 saturated heterocycles. The average Bonchev–Trinajstić information content (AvgIpc) is 2.48. The first kappa shape index (κ1) is 14.5. The van der Waals surface area contributed by atoms with Crippen molar-refractivity contribution >= 4 is 19.2 Å². The fourth-order valence-electron chi connectivity index (χ4n) is 2.38. The van der Waals surface area contributed by atoms with Gasteiger partial charge >= 0.3 is 5.97 Å². The largest absolute Gasteiger partial charge is 0.465 e. The summed E-state index contributed by atoms with van der Waals surface area (Å²) < 4.78 is 4.72. The second-order valence-electron chi connectivity index (χ2n) is 5.62. The number of esters is 1. The SMILES string of the molecule is COC(=O)c1ccc(C[Si](C)(C)c2ccccc2)cc1. The Morgan fingerprint density at radius 3 is 2.15 bits per heavy atom. The van der Waals surface area contributed by atoms with Crippen molar-refractivity contribution in [1.29, 1.82) is 0 Å². The van der Waals surface area contributed by atoms with Gasteiger partial charge in [-0.2, -0.15) is 0 Å². The van der Waals surface area contributed by atoms with Gasteiger partial charge in [-0.1, -0.05) is 66.3 Å². The molecule has 0 unspecified atom stereocenters. The number of hydrogen-bond acceptors (Lipinski definition) is 2. The first-order chi connectivity index (χ1) is 9.53. The van der Waals surface area contributed by atoms with Gasteiger partial charge in [-0.05, 0) is 18.2 Å². The monoisotopic (exact) mass is 284 g/mol. The third-order valence-electron chi connectivity index (χ3n) is 3.58. The van der Waals surface area contributed by atoms with Crippen molar-refractivity contribution in [1.82, 2.24) is 0 Å². The van der Waals surface area contributed by atoms with Crippen LogP contribution in [0, 0.1) is 0 Å². The maximum atomic E-state index is 11.4. The minimum absolute atomic E-state index is 0.281. The summed E-state index contributed by atoms with van der Waals surface area (Å²) in [5.74, 6) is -0.281. The molecule has 20 heavy (non-hydrogen) atoms. The van der Waals surface area contributed by atoms with Crippen molar-refractivity contribution in [2.24, 2.45) is 0 Å². The number of hydrogen-bond donors (Lipinski definition) is 0. The Morgan fingerprint density at radius 1 is 1.00 bits per heavy atom. The highest BCUT2D eigenvalue weighted by Gasteiger charge is 2.23. The fraction of sp³-hybridized carbons (Fsp3) is 0.235. The van der Waals surface area contributed by atoms with Gasteiger partial charge in [-0.3, -0.25) is 0 Å². The van der Waals surface area contributed by atoms with E-state index in [0.29, 0.717) is 5.56 Å². The highest BCUT2D eigenvalue weighted by atomic mass is 28.3. The Bertz CT molecular complexity index is 574. The smallest absolute Gasteiger partial charge is 0.337 e. The van der Waals surface area contributed by atoms with Gasteiger partial charge in [-0.15, -0.1) is 0 Å². The summed E-state index contributed by atoms with van der Waals surface area (Å²) in [6.45, 7) is 4.74. The highest BCUT2D eigenvalue weighted by Crippen LogP contribution is 2.14. The van der Waals surface area contributed by atoms with Gasteiger partial charge < -0.3 is 4.74 Å². The standard InChI is InChI=1S/C17H20O2Si/c1-19-17(18)15-11-9-14(10-12-15)13-20(2,3)16-7-5-4-6-8-16/h4-12H,13H2,1-3H3. The summed E-state index contributed by atoms with van der Waals surface area (Å²) in [5, 5.41) is 1.46. The molecule has 0 heterocycles. The van der Waals surface area contributed by atoms with E-state index in [1.807, 2.05) is 24.3 Å². The molecule has 0 atom stereocenters. The molecule has 0 spiro atoms. The molecule has 0 bridgehead atoms. The van der Waals surface area contributed by atoms with E-state index in [-0.39, 0.29) is 5.97 Å². The van der Waals surface area contributed by atoms with E-state index >= 15 is 0 Å². The molecule has 2 rings (SSSR count). The van der Waals surface area contributed by atoms with Gasteiger partial charge in [0.1, 0.15) is 0 Å². The molecule has 0 aromatic heterocycles. The van der Waals surface area contributed by atoms with Gasteiger partial charge in [0, 0.05) is 0 Å². The number of rotatable bonds is 4. The highest BCUT2D eigenvalue weighted by molar-refractivity contribution is 6.89. The van der Waals surface area contributed by atoms with Crippen LogP contribution in [0.2, 0.25) is 13.1 Å². The molecule has 0 N–H and O–H groups in total. The number of benzene rings is 2. The second-order valence-corrected chi connectivity index (χ2v) is 10.3. The number of ether oxygens (including phenoxy) is 1. The van der Waals surface area contributed by atoms with Crippen molar-refractivity contribution < 1.29 is 9.53 Å². The van der Waals surface area contributed by atoms with E-state index in [1.54, 1.807) is 0 Å². The van der Waals surface area contributed by atoms with Gasteiger partial charge in [0.25, 0.3) is 0 Å². The van der Waals surface area contributed by atoms with Crippen molar-refractivity contribution in [2.45, 2.75) is 19.1 Å². The van der Waals surface area contributed by atoms with E-state index in [0.717, 1.165) is 6.04 Å². The van der Waals surface area contributed by atoms with E-state index in [9.17, 15) is 4.79 Å². The van der Waals surface area contributed by atoms with Crippen LogP contribution in [0.1, 0.15) is 15.9 Å². The Kier molecular flexibility index (Phi) is 4.40. The molecule has 0 aliphatic heterocycles. The zero-order chi connectivity index (χ0) is 14.6. The topological polar surface area (TPSA) is 26.3 Å². The predicted molar refractivity (Wildman–Crippen MR) is 85.0 cm³/mol. The van der Waals surface area contributed by atoms with Gasteiger partial charge in [0.05, 0.1) is 20.7 Å². The summed E-state index contributed by atoms with van der Waals surface area (Å²) in [7, 11) is -0.0849. The third kappa shape index (κ3) is 3.36. The van der Waals surface area contributed by atoms with E-state index in [1.165, 1.54) is 17.9 Å². The first-order valence-electron chi connectivity index (χ1n) is 6.76. The van der Waals surface area contributed by atoms with Crippen LogP contribution >= 0.6 is 0 Å². The van der Waals surface area contributed by atoms with Crippen molar-refractivity contribution in [3.8, 4) is 0 Å². The van der Waals surface area contributed by atoms with Crippen molar-refractivity contribution in [2.75, 3.05) is 7.11 Å². The number of carbonyl (C=O) groups excluding carboxylic acids is 1. The zero-order valence-corrected chi connectivity index (χ0v) is 13.2. The molecule has 0 aliphatic rings. The molecule has 2 nitrogen and oxygen atoms in total. The van der Waals surface area contributed by atoms with Crippen LogP contribution in [0.15, 0.2) is 54.6 Å². The molecule has 0 radical (unpaired) electrons. The van der Waals surface area contributed by atoms with E-state index < -0.39 is 8.07 Å². The Morgan fingerprint density at radius 2 is 1.60 bits per heavy atom. The van der Waals surface area contributed by atoms with Crippen LogP contribution in [0.4, 0.5) is 0 Å². The molecular weight excluding hydrogens is 264 g/mol. The second kappa shape index (κ2) is 6.05. The number of methoxy groups -OCH3 is 1. The quantitative estimate of drug-likeness (QED) is 0.637. The molecule has 2 aromatic carbocycles. The van der Waals surface area contributed by atoms with Gasteiger partial charge in [0.15, 0.2) is 0 Å². The average molecular weight is 284 g/mol. The Labute approximate surface area is 121 Å². The summed E-state index contributed by atoms with van der Waals surface area (Å²) in [6.07, 6.45) is 0. The normalized spacial score (nSPS) is 11.2. The lowest BCUT2D eigenvalue weighted by Gasteiger charge is -2.23. The van der Waals surface area contributed by atoms with E-state index in [2.05, 4.69) is 43.4 Å². The molecule has 0 amide bonds. The molecule has 0 fully saturated rings. The minimum Gasteiger partial charge on any atom is -0.465 e. The maximum Gasteiger partial charge on any atom is 0.337 e. The predicted octanol–water partition coefficient (Wildman–Crippen LogP) is 3.17. The summed E-state index contributed by atoms with van der Waals surface area (Å²) in [4.78, 5) is 11.4. The van der Waals surface area contributed by atoms with Crippen molar-refractivity contribution in [3.05, 3.63) is 65.7 Å². The fourth-order valence-corrected chi connectivity index (χ4v) is 4.93. The van der Waals surface area contributed by atoms with Crippen molar-refractivity contribution in [3.63, 3.8) is 0 Å². The lowest BCUT2D eigenvalue weighted by molar-refractivity contribution is 0.0600. The summed E-state index contributed by atoms with van der Waals surface area (Å²) >= 11 is 0. The minimum atomic E-state index is -1.49. The van der Waals surface area contributed by atoms with Gasteiger partial charge in [0.2, 0.25) is 0 Å². The summed E-state index contributed by atoms with van der Waals surface area (Å²) in [6, 6.07) is 19.5. The van der Waals surface area contributed by atoms with Crippen LogP contribution < -0.4 is 5.19 Å². The van der Waals surface area contributed by atoms with Crippen LogP contribution in [0.5, 0.6) is 0 Å². The molecule has 0 saturated carbocycles. The number of carbonyl (C=O) groups is 1. The van der Waals surface area contributed by atoms with Crippen LogP contribution in [-0.2, 0) is 10.8 Å². The van der Waals surface area contributed by atoms with Gasteiger partial charge in [-0.25, -0.2) is 4.79 Å². The lowest BCUT2D eigenvalue weighted by Crippen LogP contribution is -2.43. The maximum absolute atomic E-state index is 11.4.